The number of hydrogen-bond acceptors (Lipinski definition) is 5. The maximum atomic E-state index is 12.6. The van der Waals surface area contributed by atoms with Crippen LogP contribution >= 0.6 is 0 Å². The molecule has 0 amide bonds. The Morgan fingerprint density at radius 2 is 2.05 bits per heavy atom. The summed E-state index contributed by atoms with van der Waals surface area (Å²) in [5.74, 6) is 0.219. The fourth-order valence-corrected chi connectivity index (χ4v) is 1.85. The summed E-state index contributed by atoms with van der Waals surface area (Å²) in [6.07, 6.45) is -5.05. The Hall–Kier alpha value is -2.42. The van der Waals surface area contributed by atoms with Crippen LogP contribution in [0.15, 0.2) is 28.9 Å². The van der Waals surface area contributed by atoms with Crippen molar-refractivity contribution in [1.29, 1.82) is 0 Å². The zero-order chi connectivity index (χ0) is 15.8. The number of nitro benzene ring substituents is 1. The van der Waals surface area contributed by atoms with Gasteiger partial charge in [0.05, 0.1) is 22.2 Å². The first-order valence-corrected chi connectivity index (χ1v) is 5.66. The highest BCUT2D eigenvalue weighted by Gasteiger charge is 2.34. The molecule has 0 saturated heterocycles. The second kappa shape index (κ2) is 5.17. The van der Waals surface area contributed by atoms with Gasteiger partial charge in [0.15, 0.2) is 0 Å². The normalized spacial score (nSPS) is 13.2. The topological polar surface area (TPSA) is 89.4 Å². The van der Waals surface area contributed by atoms with Gasteiger partial charge in [0.1, 0.15) is 11.9 Å². The molecule has 1 aromatic carbocycles. The van der Waals surface area contributed by atoms with Crippen LogP contribution in [-0.2, 0) is 6.18 Å². The number of aliphatic hydroxyl groups is 1. The van der Waals surface area contributed by atoms with Crippen molar-refractivity contribution in [2.45, 2.75) is 19.2 Å². The second-order valence-corrected chi connectivity index (χ2v) is 4.27. The van der Waals surface area contributed by atoms with Gasteiger partial charge in [-0.2, -0.15) is 13.2 Å². The molecule has 112 valence electrons. The summed E-state index contributed by atoms with van der Waals surface area (Å²) in [5.41, 5.74) is -2.10. The standard InChI is InChI=1S/C12H9F3N2O4/c1-6-9(5-16-21-6)11(18)8-3-2-7(12(13,14)15)4-10(8)17(19)20/h2-5,11,18H,1H3. The molecule has 9 heteroatoms. The van der Waals surface area contributed by atoms with E-state index in [1.54, 1.807) is 0 Å². The Balaban J connectivity index is 2.54. The first kappa shape index (κ1) is 15.0. The molecule has 0 fully saturated rings. The molecule has 1 heterocycles. The third kappa shape index (κ3) is 2.87. The largest absolute Gasteiger partial charge is 0.416 e. The Morgan fingerprint density at radius 1 is 1.38 bits per heavy atom. The third-order valence-electron chi connectivity index (χ3n) is 2.93. The van der Waals surface area contributed by atoms with E-state index >= 15 is 0 Å². The number of nitro groups is 1. The van der Waals surface area contributed by atoms with Crippen LogP contribution in [0.4, 0.5) is 18.9 Å². The van der Waals surface area contributed by atoms with Gasteiger partial charge in [-0.3, -0.25) is 10.1 Å². The minimum Gasteiger partial charge on any atom is -0.383 e. The molecule has 1 aromatic heterocycles. The van der Waals surface area contributed by atoms with Gasteiger partial charge >= 0.3 is 6.18 Å². The molecule has 21 heavy (non-hydrogen) atoms. The van der Waals surface area contributed by atoms with Crippen molar-refractivity contribution >= 4 is 5.69 Å². The lowest BCUT2D eigenvalue weighted by Gasteiger charge is -2.12. The minimum absolute atomic E-state index is 0.151. The smallest absolute Gasteiger partial charge is 0.383 e. The van der Waals surface area contributed by atoms with Gasteiger partial charge in [-0.15, -0.1) is 0 Å². The average molecular weight is 302 g/mol. The van der Waals surface area contributed by atoms with Crippen LogP contribution in [0.25, 0.3) is 0 Å². The predicted octanol–water partition coefficient (Wildman–Crippen LogP) is 2.99. The van der Waals surface area contributed by atoms with Crippen molar-refractivity contribution < 1.29 is 27.7 Å². The SMILES string of the molecule is Cc1oncc1C(O)c1ccc(C(F)(F)F)cc1[N+](=O)[O-]. The third-order valence-corrected chi connectivity index (χ3v) is 2.93. The van der Waals surface area contributed by atoms with Gasteiger partial charge < -0.3 is 9.63 Å². The molecule has 0 spiro atoms. The number of alkyl halides is 3. The first-order valence-electron chi connectivity index (χ1n) is 5.66. The van der Waals surface area contributed by atoms with Crippen LogP contribution in [0.5, 0.6) is 0 Å². The molecule has 0 bridgehead atoms. The Bertz CT molecular complexity index is 681. The highest BCUT2D eigenvalue weighted by atomic mass is 19.4. The van der Waals surface area contributed by atoms with Gasteiger partial charge in [0, 0.05) is 11.6 Å². The molecule has 0 aliphatic rings. The van der Waals surface area contributed by atoms with Gasteiger partial charge in [0.2, 0.25) is 0 Å². The monoisotopic (exact) mass is 302 g/mol. The van der Waals surface area contributed by atoms with E-state index in [0.717, 1.165) is 12.3 Å². The fourth-order valence-electron chi connectivity index (χ4n) is 1.85. The van der Waals surface area contributed by atoms with E-state index in [-0.39, 0.29) is 16.9 Å². The number of aryl methyl sites for hydroxylation is 1. The van der Waals surface area contributed by atoms with Gasteiger partial charge in [-0.05, 0) is 19.1 Å². The number of aliphatic hydroxyl groups excluding tert-OH is 1. The molecular formula is C12H9F3N2O4. The zero-order valence-electron chi connectivity index (χ0n) is 10.6. The summed E-state index contributed by atoms with van der Waals surface area (Å²) in [7, 11) is 0. The van der Waals surface area contributed by atoms with Gasteiger partial charge in [0.25, 0.3) is 5.69 Å². The highest BCUT2D eigenvalue weighted by Crippen LogP contribution is 2.36. The number of rotatable bonds is 3. The number of aromatic nitrogens is 1. The molecule has 1 unspecified atom stereocenters. The van der Waals surface area contributed by atoms with E-state index < -0.39 is 28.5 Å². The molecule has 0 aliphatic carbocycles. The number of halogens is 3. The molecule has 0 radical (unpaired) electrons. The quantitative estimate of drug-likeness (QED) is 0.695. The second-order valence-electron chi connectivity index (χ2n) is 4.27. The fraction of sp³-hybridized carbons (Fsp3) is 0.250. The van der Waals surface area contributed by atoms with Gasteiger partial charge in [-0.1, -0.05) is 5.16 Å². The number of benzene rings is 1. The molecule has 0 aliphatic heterocycles. The average Bonchev–Trinajstić information content (AvgIpc) is 2.82. The van der Waals surface area contributed by atoms with Gasteiger partial charge in [-0.25, -0.2) is 0 Å². The first-order chi connectivity index (χ1) is 9.71. The van der Waals surface area contributed by atoms with E-state index in [0.29, 0.717) is 12.1 Å². The van der Waals surface area contributed by atoms with E-state index in [9.17, 15) is 28.4 Å². The summed E-state index contributed by atoms with van der Waals surface area (Å²) < 4.78 is 42.5. The van der Waals surface area contributed by atoms with Crippen molar-refractivity contribution in [3.63, 3.8) is 0 Å². The molecule has 2 rings (SSSR count). The number of nitrogens with zero attached hydrogens (tertiary/aromatic N) is 2. The molecule has 1 N–H and O–H groups in total. The van der Waals surface area contributed by atoms with Crippen LogP contribution in [0.1, 0.15) is 28.6 Å². The summed E-state index contributed by atoms with van der Waals surface area (Å²) >= 11 is 0. The summed E-state index contributed by atoms with van der Waals surface area (Å²) in [4.78, 5) is 9.97. The summed E-state index contributed by atoms with van der Waals surface area (Å²) in [6, 6.07) is 1.94. The molecule has 2 aromatic rings. The van der Waals surface area contributed by atoms with Crippen LogP contribution in [0, 0.1) is 17.0 Å². The maximum Gasteiger partial charge on any atom is 0.416 e. The van der Waals surface area contributed by atoms with E-state index in [1.165, 1.54) is 6.92 Å². The summed E-state index contributed by atoms with van der Waals surface area (Å²) in [5, 5.41) is 24.5. The van der Waals surface area contributed by atoms with E-state index in [2.05, 4.69) is 5.16 Å². The predicted molar refractivity (Wildman–Crippen MR) is 63.4 cm³/mol. The number of hydrogen-bond donors (Lipinski definition) is 1. The lowest BCUT2D eigenvalue weighted by Crippen LogP contribution is -2.09. The Morgan fingerprint density at radius 3 is 2.52 bits per heavy atom. The maximum absolute atomic E-state index is 12.6. The lowest BCUT2D eigenvalue weighted by molar-refractivity contribution is -0.386. The van der Waals surface area contributed by atoms with Crippen LogP contribution in [-0.4, -0.2) is 15.2 Å². The molecular weight excluding hydrogens is 293 g/mol. The molecule has 1 atom stereocenters. The van der Waals surface area contributed by atoms with Crippen molar-refractivity contribution in [2.24, 2.45) is 0 Å². The zero-order valence-corrected chi connectivity index (χ0v) is 10.6. The molecule has 6 nitrogen and oxygen atoms in total. The van der Waals surface area contributed by atoms with Crippen molar-refractivity contribution in [1.82, 2.24) is 5.16 Å². The van der Waals surface area contributed by atoms with Crippen LogP contribution in [0.3, 0.4) is 0 Å². The van der Waals surface area contributed by atoms with Crippen molar-refractivity contribution in [3.05, 3.63) is 57.0 Å². The van der Waals surface area contributed by atoms with Crippen LogP contribution < -0.4 is 0 Å². The Kier molecular flexibility index (Phi) is 3.69. The van der Waals surface area contributed by atoms with Crippen molar-refractivity contribution in [3.8, 4) is 0 Å². The Labute approximate surface area is 115 Å². The van der Waals surface area contributed by atoms with Crippen molar-refractivity contribution in [2.75, 3.05) is 0 Å². The summed E-state index contributed by atoms with van der Waals surface area (Å²) in [6.45, 7) is 1.47. The van der Waals surface area contributed by atoms with E-state index in [1.807, 2.05) is 0 Å². The highest BCUT2D eigenvalue weighted by molar-refractivity contribution is 5.48. The van der Waals surface area contributed by atoms with Crippen LogP contribution in [0.2, 0.25) is 0 Å². The lowest BCUT2D eigenvalue weighted by atomic mass is 9.99. The molecule has 0 saturated carbocycles. The van der Waals surface area contributed by atoms with E-state index in [4.69, 9.17) is 4.52 Å². The minimum atomic E-state index is -4.71.